The molecule has 1 fully saturated rings. The number of nitrogens with zero attached hydrogens (tertiary/aromatic N) is 2. The minimum absolute atomic E-state index is 0.275. The lowest BCUT2D eigenvalue weighted by atomic mass is 10.1. The van der Waals surface area contributed by atoms with Gasteiger partial charge in [0.15, 0.2) is 0 Å². The smallest absolute Gasteiger partial charge is 0.222 e. The number of aromatic nitrogens is 1. The first-order valence-electron chi connectivity index (χ1n) is 7.13. The zero-order chi connectivity index (χ0) is 14.7. The molecule has 3 rings (SSSR count). The predicted octanol–water partition coefficient (Wildman–Crippen LogP) is 2.98. The van der Waals surface area contributed by atoms with Crippen LogP contribution in [-0.2, 0) is 11.2 Å². The first-order chi connectivity index (χ1) is 10.3. The molecule has 0 spiro atoms. The summed E-state index contributed by atoms with van der Waals surface area (Å²) in [4.78, 5) is 18.2. The minimum atomic E-state index is 0.275. The number of thiazole rings is 1. The van der Waals surface area contributed by atoms with Gasteiger partial charge in [0.2, 0.25) is 5.91 Å². The molecule has 4 nitrogen and oxygen atoms in total. The number of benzene rings is 1. The molecule has 0 N–H and O–H groups in total. The summed E-state index contributed by atoms with van der Waals surface area (Å²) in [7, 11) is 1.67. The molecule has 1 amide bonds. The van der Waals surface area contributed by atoms with Gasteiger partial charge in [-0.05, 0) is 18.6 Å². The van der Waals surface area contributed by atoms with Crippen LogP contribution in [0, 0.1) is 0 Å². The van der Waals surface area contributed by atoms with Crippen molar-refractivity contribution in [2.45, 2.75) is 19.3 Å². The molecular formula is C16H18N2O2S. The second-order valence-corrected chi connectivity index (χ2v) is 6.00. The molecule has 0 bridgehead atoms. The Kier molecular flexibility index (Phi) is 4.20. The van der Waals surface area contributed by atoms with E-state index in [1.807, 2.05) is 29.2 Å². The van der Waals surface area contributed by atoms with E-state index in [4.69, 9.17) is 4.74 Å². The predicted molar refractivity (Wildman–Crippen MR) is 83.6 cm³/mol. The van der Waals surface area contributed by atoms with Crippen LogP contribution in [0.2, 0.25) is 0 Å². The van der Waals surface area contributed by atoms with E-state index in [-0.39, 0.29) is 5.91 Å². The first-order valence-corrected chi connectivity index (χ1v) is 8.01. The number of hydrogen-bond acceptors (Lipinski definition) is 4. The van der Waals surface area contributed by atoms with E-state index in [0.29, 0.717) is 6.42 Å². The average molecular weight is 302 g/mol. The Morgan fingerprint density at radius 3 is 3.00 bits per heavy atom. The lowest BCUT2D eigenvalue weighted by molar-refractivity contribution is -0.127. The van der Waals surface area contributed by atoms with Gasteiger partial charge in [-0.1, -0.05) is 12.1 Å². The maximum atomic E-state index is 11.6. The number of para-hydroxylation sites is 1. The van der Waals surface area contributed by atoms with Crippen molar-refractivity contribution < 1.29 is 9.53 Å². The highest BCUT2D eigenvalue weighted by molar-refractivity contribution is 7.09. The van der Waals surface area contributed by atoms with E-state index in [1.54, 1.807) is 18.4 Å². The minimum Gasteiger partial charge on any atom is -0.496 e. The number of hydrogen-bond donors (Lipinski definition) is 0. The van der Waals surface area contributed by atoms with Gasteiger partial charge in [-0.15, -0.1) is 11.3 Å². The molecule has 1 aliphatic heterocycles. The number of rotatable bonds is 5. The van der Waals surface area contributed by atoms with Crippen LogP contribution < -0.4 is 4.74 Å². The molecule has 0 atom stereocenters. The molecule has 2 heterocycles. The molecule has 1 saturated heterocycles. The molecule has 1 aromatic heterocycles. The number of carbonyl (C=O) groups excluding carboxylic acids is 1. The molecular weight excluding hydrogens is 284 g/mol. The van der Waals surface area contributed by atoms with E-state index < -0.39 is 0 Å². The van der Waals surface area contributed by atoms with Crippen LogP contribution in [0.4, 0.5) is 0 Å². The maximum absolute atomic E-state index is 11.6. The lowest BCUT2D eigenvalue weighted by Crippen LogP contribution is -2.26. The Labute approximate surface area is 128 Å². The quantitative estimate of drug-likeness (QED) is 0.852. The monoisotopic (exact) mass is 302 g/mol. The highest BCUT2D eigenvalue weighted by Gasteiger charge is 2.20. The summed E-state index contributed by atoms with van der Waals surface area (Å²) in [6.07, 6.45) is 2.51. The van der Waals surface area contributed by atoms with E-state index >= 15 is 0 Å². The fourth-order valence-electron chi connectivity index (χ4n) is 2.58. The highest BCUT2D eigenvalue weighted by Crippen LogP contribution is 2.30. The fraction of sp³-hybridized carbons (Fsp3) is 0.375. The number of methoxy groups -OCH3 is 1. The second kappa shape index (κ2) is 6.26. The molecule has 0 saturated carbocycles. The molecule has 110 valence electrons. The third-order valence-corrected chi connectivity index (χ3v) is 4.61. The average Bonchev–Trinajstić information content (AvgIpc) is 3.14. The van der Waals surface area contributed by atoms with Crippen molar-refractivity contribution >= 4 is 17.2 Å². The van der Waals surface area contributed by atoms with E-state index in [1.165, 1.54) is 0 Å². The van der Waals surface area contributed by atoms with Crippen LogP contribution in [-0.4, -0.2) is 36.0 Å². The Balaban J connectivity index is 1.70. The lowest BCUT2D eigenvalue weighted by Gasteiger charge is -2.13. The van der Waals surface area contributed by atoms with Gasteiger partial charge in [0.05, 0.1) is 17.8 Å². The summed E-state index contributed by atoms with van der Waals surface area (Å²) in [6, 6.07) is 7.90. The van der Waals surface area contributed by atoms with Crippen molar-refractivity contribution in [1.29, 1.82) is 0 Å². The molecule has 5 heteroatoms. The van der Waals surface area contributed by atoms with Gasteiger partial charge < -0.3 is 9.64 Å². The van der Waals surface area contributed by atoms with Crippen molar-refractivity contribution in [1.82, 2.24) is 9.88 Å². The summed E-state index contributed by atoms with van der Waals surface area (Å²) in [5.74, 6) is 1.11. The number of likely N-dealkylation sites (tertiary alicyclic amines) is 1. The third kappa shape index (κ3) is 3.08. The normalized spacial score (nSPS) is 14.7. The van der Waals surface area contributed by atoms with Gasteiger partial charge in [-0.2, -0.15) is 0 Å². The molecule has 0 unspecified atom stereocenters. The van der Waals surface area contributed by atoms with E-state index in [0.717, 1.165) is 47.9 Å². The number of amides is 1. The summed E-state index contributed by atoms with van der Waals surface area (Å²) < 4.78 is 5.38. The van der Waals surface area contributed by atoms with Crippen LogP contribution >= 0.6 is 11.3 Å². The Bertz CT molecular complexity index is 639. The van der Waals surface area contributed by atoms with Crippen LogP contribution in [0.1, 0.15) is 17.8 Å². The van der Waals surface area contributed by atoms with Crippen LogP contribution in [0.25, 0.3) is 11.3 Å². The molecule has 1 aliphatic rings. The molecule has 1 aromatic carbocycles. The largest absolute Gasteiger partial charge is 0.496 e. The van der Waals surface area contributed by atoms with Gasteiger partial charge in [0.1, 0.15) is 5.75 Å². The molecule has 0 radical (unpaired) electrons. The van der Waals surface area contributed by atoms with Gasteiger partial charge in [0, 0.05) is 36.9 Å². The van der Waals surface area contributed by atoms with Crippen LogP contribution in [0.3, 0.4) is 0 Å². The number of carbonyl (C=O) groups is 1. The van der Waals surface area contributed by atoms with Gasteiger partial charge in [-0.3, -0.25) is 4.79 Å². The van der Waals surface area contributed by atoms with Crippen molar-refractivity contribution in [3.8, 4) is 17.0 Å². The SMILES string of the molecule is COc1ccccc1-c1csc(CCN2CCCC2=O)n1. The van der Waals surface area contributed by atoms with Gasteiger partial charge in [0.25, 0.3) is 0 Å². The summed E-state index contributed by atoms with van der Waals surface area (Å²) in [5, 5.41) is 3.12. The molecule has 0 aliphatic carbocycles. The summed E-state index contributed by atoms with van der Waals surface area (Å²) >= 11 is 1.64. The highest BCUT2D eigenvalue weighted by atomic mass is 32.1. The van der Waals surface area contributed by atoms with Crippen LogP contribution in [0.5, 0.6) is 5.75 Å². The standard InChI is InChI=1S/C16H18N2O2S/c1-20-14-6-3-2-5-12(14)13-11-21-15(17-13)8-10-18-9-4-7-16(18)19/h2-3,5-6,11H,4,7-10H2,1H3. The van der Waals surface area contributed by atoms with E-state index in [9.17, 15) is 4.79 Å². The summed E-state index contributed by atoms with van der Waals surface area (Å²) in [5.41, 5.74) is 1.96. The Morgan fingerprint density at radius 1 is 1.38 bits per heavy atom. The van der Waals surface area contributed by atoms with Crippen molar-refractivity contribution in [3.63, 3.8) is 0 Å². The van der Waals surface area contributed by atoms with Gasteiger partial charge in [-0.25, -0.2) is 4.98 Å². The first kappa shape index (κ1) is 14.1. The molecule has 2 aromatic rings. The maximum Gasteiger partial charge on any atom is 0.222 e. The van der Waals surface area contributed by atoms with Crippen molar-refractivity contribution in [3.05, 3.63) is 34.7 Å². The second-order valence-electron chi connectivity index (χ2n) is 5.06. The van der Waals surface area contributed by atoms with Crippen molar-refractivity contribution in [2.24, 2.45) is 0 Å². The topological polar surface area (TPSA) is 42.4 Å². The van der Waals surface area contributed by atoms with Crippen LogP contribution in [0.15, 0.2) is 29.6 Å². The Hall–Kier alpha value is -1.88. The van der Waals surface area contributed by atoms with Gasteiger partial charge >= 0.3 is 0 Å². The Morgan fingerprint density at radius 2 is 2.24 bits per heavy atom. The zero-order valence-electron chi connectivity index (χ0n) is 12.0. The fourth-order valence-corrected chi connectivity index (χ4v) is 3.36. The summed E-state index contributed by atoms with van der Waals surface area (Å²) in [6.45, 7) is 1.67. The number of ether oxygens (including phenoxy) is 1. The zero-order valence-corrected chi connectivity index (χ0v) is 12.9. The van der Waals surface area contributed by atoms with E-state index in [2.05, 4.69) is 10.4 Å². The molecule has 21 heavy (non-hydrogen) atoms. The van der Waals surface area contributed by atoms with Crippen molar-refractivity contribution in [2.75, 3.05) is 20.2 Å². The third-order valence-electron chi connectivity index (χ3n) is 3.70.